The Kier molecular flexibility index (Phi) is 7.52. The molecule has 1 aliphatic carbocycles. The number of amides is 1. The lowest BCUT2D eigenvalue weighted by Crippen LogP contribution is -2.41. The molecule has 0 saturated heterocycles. The summed E-state index contributed by atoms with van der Waals surface area (Å²) < 4.78 is 19.8. The van der Waals surface area contributed by atoms with Gasteiger partial charge >= 0.3 is 0 Å². The Balaban J connectivity index is 1.74. The van der Waals surface area contributed by atoms with Crippen LogP contribution in [0.3, 0.4) is 0 Å². The lowest BCUT2D eigenvalue weighted by molar-refractivity contribution is -0.127. The van der Waals surface area contributed by atoms with Gasteiger partial charge in [-0.15, -0.1) is 0 Å². The molecule has 2 aromatic rings. The number of hydrogen-bond acceptors (Lipinski definition) is 5. The second-order valence-corrected chi connectivity index (χ2v) is 9.33. The minimum absolute atomic E-state index is 0.107. The molecule has 0 aliphatic heterocycles. The number of aromatic nitrogens is 1. The predicted molar refractivity (Wildman–Crippen MR) is 122 cm³/mol. The van der Waals surface area contributed by atoms with Crippen LogP contribution < -0.4 is 10.1 Å². The van der Waals surface area contributed by atoms with Crippen LogP contribution in [0.25, 0.3) is 10.9 Å². The number of carbonyl (C=O) groups is 3. The van der Waals surface area contributed by atoms with E-state index in [0.29, 0.717) is 24.3 Å². The van der Waals surface area contributed by atoms with E-state index in [1.165, 1.54) is 21.0 Å². The number of nitriles is 1. The molecule has 33 heavy (non-hydrogen) atoms. The van der Waals surface area contributed by atoms with Crippen molar-refractivity contribution in [3.05, 3.63) is 30.0 Å². The van der Waals surface area contributed by atoms with E-state index >= 15 is 0 Å². The normalized spacial score (nSPS) is 18.0. The quantitative estimate of drug-likeness (QED) is 0.520. The Morgan fingerprint density at radius 2 is 2.15 bits per heavy atom. The lowest BCUT2D eigenvalue weighted by Gasteiger charge is -2.24. The molecule has 3 rings (SSSR count). The van der Waals surface area contributed by atoms with Gasteiger partial charge in [0.2, 0.25) is 5.91 Å². The molecule has 1 amide bonds. The molecule has 3 atom stereocenters. The van der Waals surface area contributed by atoms with Crippen molar-refractivity contribution in [2.75, 3.05) is 7.11 Å². The van der Waals surface area contributed by atoms with E-state index in [9.17, 15) is 24.0 Å². The molecule has 7 nitrogen and oxygen atoms in total. The zero-order valence-electron chi connectivity index (χ0n) is 19.2. The van der Waals surface area contributed by atoms with Crippen LogP contribution in [0.15, 0.2) is 24.3 Å². The molecular formula is C25H30FN3O4. The van der Waals surface area contributed by atoms with E-state index in [0.717, 1.165) is 17.3 Å². The molecule has 8 heteroatoms. The number of ether oxygens (including phenoxy) is 1. The van der Waals surface area contributed by atoms with Crippen LogP contribution in [-0.4, -0.2) is 41.3 Å². The van der Waals surface area contributed by atoms with Gasteiger partial charge in [-0.1, -0.05) is 6.07 Å². The highest BCUT2D eigenvalue weighted by Crippen LogP contribution is 2.29. The smallest absolute Gasteiger partial charge is 0.224 e. The fourth-order valence-corrected chi connectivity index (χ4v) is 4.49. The van der Waals surface area contributed by atoms with Gasteiger partial charge < -0.3 is 15.0 Å². The number of benzene rings is 1. The Hall–Kier alpha value is -3.21. The Labute approximate surface area is 192 Å². The first-order valence-electron chi connectivity index (χ1n) is 11.2. The van der Waals surface area contributed by atoms with Crippen molar-refractivity contribution in [3.63, 3.8) is 0 Å². The van der Waals surface area contributed by atoms with Crippen molar-refractivity contribution in [1.82, 2.24) is 10.3 Å². The van der Waals surface area contributed by atoms with E-state index in [1.807, 2.05) is 12.1 Å². The number of hydrogen-bond donors (Lipinski definition) is 2. The fraction of sp³-hybridized carbons (Fsp3) is 0.520. The van der Waals surface area contributed by atoms with Crippen LogP contribution in [0, 0.1) is 23.2 Å². The van der Waals surface area contributed by atoms with Gasteiger partial charge in [0.1, 0.15) is 23.2 Å². The SMILES string of the molecule is COc1cccc2[nH]c(C(=O)C[C@@H](CC(C)(C)F)C(=O)N[C@H](C#N)C[C@@H]3CCCC3=O)cc12. The number of Topliss-reactive ketones (excluding diaryl/α,β-unsaturated/α-hetero) is 2. The third kappa shape index (κ3) is 6.19. The van der Waals surface area contributed by atoms with Gasteiger partial charge in [-0.3, -0.25) is 14.4 Å². The highest BCUT2D eigenvalue weighted by Gasteiger charge is 2.33. The van der Waals surface area contributed by atoms with Crippen molar-refractivity contribution >= 4 is 28.4 Å². The second kappa shape index (κ2) is 10.2. The molecule has 1 aromatic heterocycles. The van der Waals surface area contributed by atoms with Crippen molar-refractivity contribution in [1.29, 1.82) is 5.26 Å². The van der Waals surface area contributed by atoms with E-state index in [4.69, 9.17) is 4.74 Å². The molecular weight excluding hydrogens is 425 g/mol. The third-order valence-corrected chi connectivity index (χ3v) is 6.10. The largest absolute Gasteiger partial charge is 0.496 e. The maximum atomic E-state index is 14.5. The van der Waals surface area contributed by atoms with E-state index < -0.39 is 23.5 Å². The van der Waals surface area contributed by atoms with Gasteiger partial charge in [-0.25, -0.2) is 4.39 Å². The minimum atomic E-state index is -1.69. The van der Waals surface area contributed by atoms with E-state index in [-0.39, 0.29) is 36.7 Å². The first-order chi connectivity index (χ1) is 15.6. The van der Waals surface area contributed by atoms with Gasteiger partial charge in [0.15, 0.2) is 5.78 Å². The number of carbonyl (C=O) groups excluding carboxylic acids is 3. The van der Waals surface area contributed by atoms with Crippen LogP contribution in [0.2, 0.25) is 0 Å². The topological polar surface area (TPSA) is 112 Å². The van der Waals surface area contributed by atoms with Crippen molar-refractivity contribution in [3.8, 4) is 11.8 Å². The van der Waals surface area contributed by atoms with Crippen LogP contribution in [0.1, 0.15) is 62.9 Å². The Morgan fingerprint density at radius 1 is 1.39 bits per heavy atom. The van der Waals surface area contributed by atoms with Gasteiger partial charge in [-0.05, 0) is 57.7 Å². The lowest BCUT2D eigenvalue weighted by atomic mass is 9.88. The van der Waals surface area contributed by atoms with Crippen LogP contribution in [0.5, 0.6) is 5.75 Å². The number of aromatic amines is 1. The summed E-state index contributed by atoms with van der Waals surface area (Å²) in [4.78, 5) is 41.0. The number of halogens is 1. The molecule has 1 heterocycles. The molecule has 1 aromatic carbocycles. The molecule has 0 unspecified atom stereocenters. The summed E-state index contributed by atoms with van der Waals surface area (Å²) in [7, 11) is 1.54. The summed E-state index contributed by atoms with van der Waals surface area (Å²) in [5, 5.41) is 12.9. The third-order valence-electron chi connectivity index (χ3n) is 6.10. The first-order valence-corrected chi connectivity index (χ1v) is 11.2. The average Bonchev–Trinajstić information content (AvgIpc) is 3.37. The zero-order valence-corrected chi connectivity index (χ0v) is 19.2. The number of nitrogens with zero attached hydrogens (tertiary/aromatic N) is 1. The highest BCUT2D eigenvalue weighted by molar-refractivity contribution is 6.02. The number of alkyl halides is 1. The summed E-state index contributed by atoms with van der Waals surface area (Å²) >= 11 is 0. The van der Waals surface area contributed by atoms with E-state index in [1.54, 1.807) is 18.2 Å². The molecule has 1 saturated carbocycles. The number of fused-ring (bicyclic) bond motifs is 1. The summed E-state index contributed by atoms with van der Waals surface area (Å²) in [6.45, 7) is 2.70. The molecule has 176 valence electrons. The van der Waals surface area contributed by atoms with Crippen molar-refractivity contribution < 1.29 is 23.5 Å². The number of H-pyrrole nitrogens is 1. The van der Waals surface area contributed by atoms with Gasteiger partial charge in [-0.2, -0.15) is 5.26 Å². The second-order valence-electron chi connectivity index (χ2n) is 9.33. The fourth-order valence-electron chi connectivity index (χ4n) is 4.49. The molecule has 0 radical (unpaired) electrons. The zero-order chi connectivity index (χ0) is 24.2. The predicted octanol–water partition coefficient (Wildman–Crippen LogP) is 4.27. The number of methoxy groups -OCH3 is 1. The molecule has 0 bridgehead atoms. The van der Waals surface area contributed by atoms with Crippen LogP contribution in [-0.2, 0) is 9.59 Å². The summed E-state index contributed by atoms with van der Waals surface area (Å²) in [5.41, 5.74) is -0.664. The average molecular weight is 456 g/mol. The van der Waals surface area contributed by atoms with Gasteiger partial charge in [0.05, 0.1) is 18.9 Å². The Bertz CT molecular complexity index is 1080. The monoisotopic (exact) mass is 455 g/mol. The minimum Gasteiger partial charge on any atom is -0.496 e. The number of rotatable bonds is 10. The maximum absolute atomic E-state index is 14.5. The summed E-state index contributed by atoms with van der Waals surface area (Å²) in [5.74, 6) is -1.37. The number of nitrogens with one attached hydrogen (secondary N) is 2. The van der Waals surface area contributed by atoms with Crippen LogP contribution in [0.4, 0.5) is 4.39 Å². The van der Waals surface area contributed by atoms with Crippen molar-refractivity contribution in [2.45, 2.75) is 64.1 Å². The maximum Gasteiger partial charge on any atom is 0.224 e. The van der Waals surface area contributed by atoms with Crippen molar-refractivity contribution in [2.24, 2.45) is 11.8 Å². The molecule has 2 N–H and O–H groups in total. The summed E-state index contributed by atoms with van der Waals surface area (Å²) in [6, 6.07) is 8.22. The molecule has 0 spiro atoms. The molecule has 1 aliphatic rings. The summed E-state index contributed by atoms with van der Waals surface area (Å²) in [6.07, 6.45) is 1.85. The highest BCUT2D eigenvalue weighted by atomic mass is 19.1. The Morgan fingerprint density at radius 3 is 2.76 bits per heavy atom. The number of ketones is 2. The van der Waals surface area contributed by atoms with Gasteiger partial charge in [0.25, 0.3) is 0 Å². The standard InChI is InChI=1S/C25H30FN3O4/c1-25(2,26)13-16(24(32)28-17(14-27)10-15-6-4-8-21(15)30)11-22(31)20-12-18-19(29-20)7-5-9-23(18)33-3/h5,7,9,12,15-17,29H,4,6,8,10-11,13H2,1-3H3,(H,28,32)/t15-,16-,17-/m0/s1. The molecule has 1 fully saturated rings. The van der Waals surface area contributed by atoms with E-state index in [2.05, 4.69) is 10.3 Å². The van der Waals surface area contributed by atoms with Crippen LogP contribution >= 0.6 is 0 Å². The first kappa shape index (κ1) is 24.4. The van der Waals surface area contributed by atoms with Gasteiger partial charge in [0, 0.05) is 35.6 Å².